The van der Waals surface area contributed by atoms with Gasteiger partial charge in [-0.1, -0.05) is 6.42 Å². The molecule has 0 bridgehead atoms. The van der Waals surface area contributed by atoms with E-state index < -0.39 is 5.60 Å². The number of likely N-dealkylation sites (tertiary alicyclic amines) is 1. The predicted molar refractivity (Wildman–Crippen MR) is 91.4 cm³/mol. The van der Waals surface area contributed by atoms with Crippen LogP contribution in [0, 0.1) is 5.92 Å². The number of thiophene rings is 1. The highest BCUT2D eigenvalue weighted by Crippen LogP contribution is 2.32. The number of carbonyl (C=O) groups excluding carboxylic acids is 1. The Bertz CT molecular complexity index is 583. The summed E-state index contributed by atoms with van der Waals surface area (Å²) >= 11 is 1.82. The Morgan fingerprint density at radius 1 is 1.30 bits per heavy atom. The fraction of sp³-hybridized carbons (Fsp3) is 0.722. The first-order valence-corrected chi connectivity index (χ1v) is 9.81. The minimum Gasteiger partial charge on any atom is -0.379 e. The van der Waals surface area contributed by atoms with Crippen molar-refractivity contribution in [1.82, 2.24) is 9.80 Å². The molecule has 1 saturated heterocycles. The van der Waals surface area contributed by atoms with Gasteiger partial charge in [-0.25, -0.2) is 0 Å². The molecular weight excluding hydrogens is 308 g/mol. The second-order valence-corrected chi connectivity index (χ2v) is 8.51. The number of fused-ring (bicyclic) bond motifs is 1. The summed E-state index contributed by atoms with van der Waals surface area (Å²) in [6.45, 7) is 3.99. The number of nitrogens with zero attached hydrogens (tertiary/aromatic N) is 2. The van der Waals surface area contributed by atoms with Crippen molar-refractivity contribution in [1.29, 1.82) is 0 Å². The molecule has 4 rings (SSSR count). The maximum atomic E-state index is 12.8. The molecule has 4 nitrogen and oxygen atoms in total. The van der Waals surface area contributed by atoms with Gasteiger partial charge in [0.15, 0.2) is 5.60 Å². The Morgan fingerprint density at radius 3 is 2.96 bits per heavy atom. The topological polar surface area (TPSA) is 43.8 Å². The predicted octanol–water partition coefficient (Wildman–Crippen LogP) is 2.26. The molecule has 0 radical (unpaired) electrons. The summed E-state index contributed by atoms with van der Waals surface area (Å²) in [4.78, 5) is 18.5. The Labute approximate surface area is 142 Å². The van der Waals surface area contributed by atoms with Crippen molar-refractivity contribution in [3.63, 3.8) is 0 Å². The molecule has 3 heterocycles. The summed E-state index contributed by atoms with van der Waals surface area (Å²) in [5, 5.41) is 13.2. The SMILES string of the molecule is O=C1N(CC2CCC2)CCC[C@]1(O)CN1CCc2sccc2C1. The van der Waals surface area contributed by atoms with Crippen LogP contribution in [0.2, 0.25) is 0 Å². The molecule has 1 aliphatic carbocycles. The monoisotopic (exact) mass is 334 g/mol. The maximum absolute atomic E-state index is 12.8. The van der Waals surface area contributed by atoms with Crippen molar-refractivity contribution in [2.45, 2.75) is 50.7 Å². The van der Waals surface area contributed by atoms with E-state index in [-0.39, 0.29) is 5.91 Å². The Hall–Kier alpha value is -0.910. The molecule has 1 amide bonds. The highest BCUT2D eigenvalue weighted by atomic mass is 32.1. The van der Waals surface area contributed by atoms with Crippen molar-refractivity contribution in [2.24, 2.45) is 5.92 Å². The molecule has 1 saturated carbocycles. The van der Waals surface area contributed by atoms with E-state index in [0.717, 1.165) is 39.0 Å². The Balaban J connectivity index is 1.41. The van der Waals surface area contributed by atoms with Gasteiger partial charge in [0.05, 0.1) is 0 Å². The molecule has 2 aliphatic heterocycles. The molecule has 126 valence electrons. The summed E-state index contributed by atoms with van der Waals surface area (Å²) in [6, 6.07) is 2.18. The van der Waals surface area contributed by atoms with Crippen LogP contribution < -0.4 is 0 Å². The molecule has 2 fully saturated rings. The van der Waals surface area contributed by atoms with Crippen LogP contribution in [0.4, 0.5) is 0 Å². The number of hydrogen-bond acceptors (Lipinski definition) is 4. The highest BCUT2D eigenvalue weighted by molar-refractivity contribution is 7.10. The zero-order valence-corrected chi connectivity index (χ0v) is 14.5. The Kier molecular flexibility index (Phi) is 4.20. The zero-order chi connectivity index (χ0) is 15.9. The lowest BCUT2D eigenvalue weighted by Crippen LogP contribution is -2.59. The molecule has 1 aromatic rings. The molecule has 0 spiro atoms. The molecule has 1 atom stereocenters. The molecular formula is C18H26N2O2S. The van der Waals surface area contributed by atoms with Gasteiger partial charge < -0.3 is 10.0 Å². The van der Waals surface area contributed by atoms with Crippen LogP contribution in [0.5, 0.6) is 0 Å². The molecule has 1 aromatic heterocycles. The van der Waals surface area contributed by atoms with E-state index in [1.807, 2.05) is 16.2 Å². The number of β-amino-alcohol motifs (C(OH)–C–C–N with tert-alkyl or cyclic N) is 1. The summed E-state index contributed by atoms with van der Waals surface area (Å²) in [5.41, 5.74) is 0.203. The van der Waals surface area contributed by atoms with Crippen LogP contribution >= 0.6 is 11.3 Å². The lowest BCUT2D eigenvalue weighted by Gasteiger charge is -2.43. The fourth-order valence-electron chi connectivity index (χ4n) is 4.18. The minimum absolute atomic E-state index is 0.0215. The standard InChI is InChI=1S/C18H26N2O2S/c21-17-18(22,7-2-8-20(17)11-14-3-1-4-14)13-19-9-5-16-15(12-19)6-10-23-16/h6,10,14,22H,1-5,7-9,11-13H2/t18-/m0/s1. The second kappa shape index (κ2) is 6.19. The summed E-state index contributed by atoms with van der Waals surface area (Å²) in [7, 11) is 0. The van der Waals surface area contributed by atoms with Crippen molar-refractivity contribution in [2.75, 3.05) is 26.2 Å². The zero-order valence-electron chi connectivity index (χ0n) is 13.7. The quantitative estimate of drug-likeness (QED) is 0.918. The van der Waals surface area contributed by atoms with Crippen LogP contribution in [0.25, 0.3) is 0 Å². The third-order valence-electron chi connectivity index (χ3n) is 5.78. The number of aliphatic hydroxyl groups is 1. The molecule has 0 aromatic carbocycles. The summed E-state index contributed by atoms with van der Waals surface area (Å²) < 4.78 is 0. The van der Waals surface area contributed by atoms with Crippen LogP contribution in [0.1, 0.15) is 42.5 Å². The van der Waals surface area contributed by atoms with Crippen LogP contribution in [0.3, 0.4) is 0 Å². The third kappa shape index (κ3) is 3.06. The first-order valence-electron chi connectivity index (χ1n) is 8.93. The number of amides is 1. The molecule has 0 unspecified atom stereocenters. The van der Waals surface area contributed by atoms with Gasteiger partial charge in [-0.15, -0.1) is 11.3 Å². The molecule has 1 N–H and O–H groups in total. The number of hydrogen-bond donors (Lipinski definition) is 1. The first-order chi connectivity index (χ1) is 11.1. The van der Waals surface area contributed by atoms with Crippen molar-refractivity contribution in [3.8, 4) is 0 Å². The van der Waals surface area contributed by atoms with Crippen molar-refractivity contribution in [3.05, 3.63) is 21.9 Å². The van der Waals surface area contributed by atoms with Crippen LogP contribution in [-0.4, -0.2) is 52.6 Å². The lowest BCUT2D eigenvalue weighted by atomic mass is 9.83. The molecule has 3 aliphatic rings. The lowest BCUT2D eigenvalue weighted by molar-refractivity contribution is -0.161. The average molecular weight is 334 g/mol. The van der Waals surface area contributed by atoms with Crippen molar-refractivity contribution < 1.29 is 9.90 Å². The molecule has 5 heteroatoms. The van der Waals surface area contributed by atoms with E-state index >= 15 is 0 Å². The third-order valence-corrected chi connectivity index (χ3v) is 6.80. The van der Waals surface area contributed by atoms with E-state index in [1.165, 1.54) is 29.7 Å². The van der Waals surface area contributed by atoms with Gasteiger partial charge >= 0.3 is 0 Å². The van der Waals surface area contributed by atoms with Gasteiger partial charge in [-0.3, -0.25) is 9.69 Å². The van der Waals surface area contributed by atoms with Crippen LogP contribution in [-0.2, 0) is 17.8 Å². The number of carbonyl (C=O) groups is 1. The largest absolute Gasteiger partial charge is 0.379 e. The van der Waals surface area contributed by atoms with E-state index in [0.29, 0.717) is 18.9 Å². The van der Waals surface area contributed by atoms with Gasteiger partial charge in [0, 0.05) is 37.6 Å². The maximum Gasteiger partial charge on any atom is 0.255 e. The van der Waals surface area contributed by atoms with E-state index in [4.69, 9.17) is 0 Å². The average Bonchev–Trinajstić information content (AvgIpc) is 2.94. The van der Waals surface area contributed by atoms with Gasteiger partial charge in [0.25, 0.3) is 5.91 Å². The summed E-state index contributed by atoms with van der Waals surface area (Å²) in [5.74, 6) is 0.649. The van der Waals surface area contributed by atoms with Gasteiger partial charge in [0.1, 0.15) is 0 Å². The first kappa shape index (κ1) is 15.6. The van der Waals surface area contributed by atoms with Gasteiger partial charge in [-0.2, -0.15) is 0 Å². The number of rotatable bonds is 4. The fourth-order valence-corrected chi connectivity index (χ4v) is 5.07. The van der Waals surface area contributed by atoms with Crippen molar-refractivity contribution >= 4 is 17.2 Å². The van der Waals surface area contributed by atoms with E-state index in [2.05, 4.69) is 16.3 Å². The Morgan fingerprint density at radius 2 is 2.17 bits per heavy atom. The van der Waals surface area contributed by atoms with Crippen LogP contribution in [0.15, 0.2) is 11.4 Å². The van der Waals surface area contributed by atoms with Gasteiger partial charge in [-0.05, 0) is 55.0 Å². The van der Waals surface area contributed by atoms with Gasteiger partial charge in [0.2, 0.25) is 0 Å². The molecule has 23 heavy (non-hydrogen) atoms. The smallest absolute Gasteiger partial charge is 0.255 e. The minimum atomic E-state index is -1.17. The summed E-state index contributed by atoms with van der Waals surface area (Å²) in [6.07, 6.45) is 6.37. The van der Waals surface area contributed by atoms with E-state index in [9.17, 15) is 9.90 Å². The highest BCUT2D eigenvalue weighted by Gasteiger charge is 2.44. The normalized spacial score (nSPS) is 29.4. The second-order valence-electron chi connectivity index (χ2n) is 7.51. The number of piperidine rings is 1. The van der Waals surface area contributed by atoms with E-state index in [1.54, 1.807) is 0 Å².